The molecule has 0 bridgehead atoms. The fourth-order valence-electron chi connectivity index (χ4n) is 3.59. The molecule has 0 aliphatic carbocycles. The van der Waals surface area contributed by atoms with Crippen molar-refractivity contribution >= 4 is 35.5 Å². The van der Waals surface area contributed by atoms with Crippen LogP contribution < -0.4 is 5.32 Å². The lowest BCUT2D eigenvalue weighted by atomic mass is 10.00. The second kappa shape index (κ2) is 10.2. The molecular weight excluding hydrogens is 423 g/mol. The number of rotatable bonds is 4. The van der Waals surface area contributed by atoms with Crippen molar-refractivity contribution in [2.24, 2.45) is 10.9 Å². The Hall–Kier alpha value is -1.08. The Morgan fingerprint density at radius 2 is 2.04 bits per heavy atom. The maximum atomic E-state index is 4.93. The van der Waals surface area contributed by atoms with E-state index in [1.165, 1.54) is 30.6 Å². The summed E-state index contributed by atoms with van der Waals surface area (Å²) in [6.45, 7) is 8.39. The van der Waals surface area contributed by atoms with Crippen LogP contribution in [0.2, 0.25) is 0 Å². The molecule has 2 aliphatic heterocycles. The first kappa shape index (κ1) is 20.2. The number of hydrogen-bond donors (Lipinski definition) is 1. The molecule has 138 valence electrons. The summed E-state index contributed by atoms with van der Waals surface area (Å²) in [5.41, 5.74) is 2.81. The third-order valence-corrected chi connectivity index (χ3v) is 4.98. The van der Waals surface area contributed by atoms with E-state index in [0.29, 0.717) is 5.92 Å². The van der Waals surface area contributed by atoms with E-state index < -0.39 is 0 Å². The number of nitrogens with zero attached hydrogens (tertiary/aromatic N) is 3. The quantitative estimate of drug-likeness (QED) is 0.430. The normalized spacial score (nSPS) is 21.7. The van der Waals surface area contributed by atoms with Crippen molar-refractivity contribution in [1.82, 2.24) is 15.1 Å². The smallest absolute Gasteiger partial charge is 0.194 e. The molecule has 25 heavy (non-hydrogen) atoms. The van der Waals surface area contributed by atoms with Crippen molar-refractivity contribution in [1.29, 1.82) is 0 Å². The van der Waals surface area contributed by atoms with Gasteiger partial charge in [0.05, 0.1) is 0 Å². The van der Waals surface area contributed by atoms with E-state index in [1.807, 2.05) is 0 Å². The average molecular weight is 454 g/mol. The van der Waals surface area contributed by atoms with Gasteiger partial charge in [-0.05, 0) is 50.4 Å². The third kappa shape index (κ3) is 5.71. The molecule has 0 amide bonds. The van der Waals surface area contributed by atoms with Gasteiger partial charge in [0, 0.05) is 32.7 Å². The van der Waals surface area contributed by atoms with Crippen LogP contribution in [0.15, 0.2) is 41.4 Å². The van der Waals surface area contributed by atoms with Crippen molar-refractivity contribution < 1.29 is 0 Å². The lowest BCUT2D eigenvalue weighted by molar-refractivity contribution is 0.395. The molecule has 4 nitrogen and oxygen atoms in total. The van der Waals surface area contributed by atoms with Gasteiger partial charge in [0.1, 0.15) is 0 Å². The molecule has 1 atom stereocenters. The fourth-order valence-corrected chi connectivity index (χ4v) is 3.59. The van der Waals surface area contributed by atoms with Gasteiger partial charge in [-0.15, -0.1) is 24.0 Å². The molecule has 5 heteroatoms. The van der Waals surface area contributed by atoms with Gasteiger partial charge >= 0.3 is 0 Å². The molecule has 0 spiro atoms. The van der Waals surface area contributed by atoms with Crippen LogP contribution in [-0.4, -0.2) is 62.1 Å². The zero-order valence-electron chi connectivity index (χ0n) is 15.4. The lowest BCUT2D eigenvalue weighted by Gasteiger charge is -2.30. The molecule has 1 unspecified atom stereocenters. The summed E-state index contributed by atoms with van der Waals surface area (Å²) in [5.74, 6) is 1.79. The molecule has 0 radical (unpaired) electrons. The number of likely N-dealkylation sites (tertiary alicyclic amines) is 1. The molecular formula is C20H31IN4. The number of nitrogens with one attached hydrogen (secondary N) is 1. The highest BCUT2D eigenvalue weighted by Gasteiger charge is 2.20. The number of guanidine groups is 1. The van der Waals surface area contributed by atoms with Gasteiger partial charge < -0.3 is 15.1 Å². The van der Waals surface area contributed by atoms with Crippen LogP contribution in [0.25, 0.3) is 5.57 Å². The monoisotopic (exact) mass is 454 g/mol. The van der Waals surface area contributed by atoms with Crippen LogP contribution in [0.4, 0.5) is 0 Å². The highest BCUT2D eigenvalue weighted by Crippen LogP contribution is 2.22. The van der Waals surface area contributed by atoms with Crippen molar-refractivity contribution in [3.63, 3.8) is 0 Å². The molecule has 0 saturated carbocycles. The summed E-state index contributed by atoms with van der Waals surface area (Å²) >= 11 is 0. The summed E-state index contributed by atoms with van der Waals surface area (Å²) in [6.07, 6.45) is 4.72. The number of hydrogen-bond acceptors (Lipinski definition) is 2. The Morgan fingerprint density at radius 1 is 1.24 bits per heavy atom. The second-order valence-corrected chi connectivity index (χ2v) is 6.90. The average Bonchev–Trinajstić information content (AvgIpc) is 3.05. The molecule has 1 saturated heterocycles. The topological polar surface area (TPSA) is 30.9 Å². The minimum atomic E-state index is 0. The third-order valence-electron chi connectivity index (χ3n) is 4.98. The lowest BCUT2D eigenvalue weighted by Crippen LogP contribution is -2.43. The van der Waals surface area contributed by atoms with Crippen LogP contribution >= 0.6 is 24.0 Å². The van der Waals surface area contributed by atoms with Gasteiger partial charge in [-0.2, -0.15) is 0 Å². The van der Waals surface area contributed by atoms with E-state index in [1.54, 1.807) is 0 Å². The van der Waals surface area contributed by atoms with E-state index in [-0.39, 0.29) is 24.0 Å². The van der Waals surface area contributed by atoms with Crippen molar-refractivity contribution in [2.45, 2.75) is 19.8 Å². The standard InChI is InChI=1S/C20H30N4.HI/c1-3-21-20(22-15-17-9-12-23(2)16-17)24-13-10-19(11-14-24)18-7-5-4-6-8-18;/h4-8,10,17H,3,9,11-16H2,1-2H3,(H,21,22);1H. The van der Waals surface area contributed by atoms with Crippen LogP contribution in [0.5, 0.6) is 0 Å². The first-order chi connectivity index (χ1) is 11.8. The highest BCUT2D eigenvalue weighted by atomic mass is 127. The minimum absolute atomic E-state index is 0. The molecule has 0 aromatic heterocycles. The van der Waals surface area contributed by atoms with Crippen molar-refractivity contribution in [2.75, 3.05) is 46.3 Å². The van der Waals surface area contributed by atoms with Crippen LogP contribution in [0.1, 0.15) is 25.3 Å². The predicted molar refractivity (Wildman–Crippen MR) is 118 cm³/mol. The van der Waals surface area contributed by atoms with Gasteiger partial charge in [-0.3, -0.25) is 4.99 Å². The van der Waals surface area contributed by atoms with E-state index in [4.69, 9.17) is 4.99 Å². The Labute approximate surface area is 169 Å². The SMILES string of the molecule is CCNC(=NCC1CCN(C)C1)N1CC=C(c2ccccc2)CC1.I. The molecule has 1 N–H and O–H groups in total. The minimum Gasteiger partial charge on any atom is -0.357 e. The zero-order chi connectivity index (χ0) is 16.8. The van der Waals surface area contributed by atoms with E-state index in [0.717, 1.165) is 38.6 Å². The molecule has 2 aliphatic rings. The first-order valence-corrected chi connectivity index (χ1v) is 9.22. The largest absolute Gasteiger partial charge is 0.357 e. The molecule has 1 aromatic carbocycles. The van der Waals surface area contributed by atoms with Crippen LogP contribution in [0.3, 0.4) is 0 Å². The number of benzene rings is 1. The molecule has 1 fully saturated rings. The Kier molecular flexibility index (Phi) is 8.22. The van der Waals surface area contributed by atoms with Gasteiger partial charge in [-0.1, -0.05) is 36.4 Å². The molecule has 3 rings (SSSR count). The molecule has 2 heterocycles. The van der Waals surface area contributed by atoms with E-state index >= 15 is 0 Å². The Balaban J connectivity index is 0.00000225. The summed E-state index contributed by atoms with van der Waals surface area (Å²) in [5, 5.41) is 3.48. The number of aliphatic imine (C=N–C) groups is 1. The van der Waals surface area contributed by atoms with Gasteiger partial charge in [-0.25, -0.2) is 0 Å². The summed E-state index contributed by atoms with van der Waals surface area (Å²) in [4.78, 5) is 9.72. The Bertz CT molecular complexity index is 585. The van der Waals surface area contributed by atoms with Gasteiger partial charge in [0.15, 0.2) is 5.96 Å². The summed E-state index contributed by atoms with van der Waals surface area (Å²) < 4.78 is 0. The van der Waals surface area contributed by atoms with Gasteiger partial charge in [0.2, 0.25) is 0 Å². The van der Waals surface area contributed by atoms with E-state index in [2.05, 4.69) is 65.5 Å². The fraction of sp³-hybridized carbons (Fsp3) is 0.550. The maximum absolute atomic E-state index is 4.93. The summed E-state index contributed by atoms with van der Waals surface area (Å²) in [6, 6.07) is 10.7. The van der Waals surface area contributed by atoms with E-state index in [9.17, 15) is 0 Å². The predicted octanol–water partition coefficient (Wildman–Crippen LogP) is 3.31. The summed E-state index contributed by atoms with van der Waals surface area (Å²) in [7, 11) is 2.20. The second-order valence-electron chi connectivity index (χ2n) is 6.90. The van der Waals surface area contributed by atoms with Crippen molar-refractivity contribution in [3.05, 3.63) is 42.0 Å². The van der Waals surface area contributed by atoms with Crippen LogP contribution in [0, 0.1) is 5.92 Å². The number of halogens is 1. The first-order valence-electron chi connectivity index (χ1n) is 9.22. The Morgan fingerprint density at radius 3 is 2.64 bits per heavy atom. The van der Waals surface area contributed by atoms with Gasteiger partial charge in [0.25, 0.3) is 0 Å². The highest BCUT2D eigenvalue weighted by molar-refractivity contribution is 14.0. The van der Waals surface area contributed by atoms with Crippen molar-refractivity contribution in [3.8, 4) is 0 Å². The van der Waals surface area contributed by atoms with Crippen LogP contribution in [-0.2, 0) is 0 Å². The maximum Gasteiger partial charge on any atom is 0.194 e. The zero-order valence-corrected chi connectivity index (χ0v) is 17.8. The molecule has 1 aromatic rings.